The van der Waals surface area contributed by atoms with Crippen molar-refractivity contribution in [3.63, 3.8) is 0 Å². The first-order valence-electron chi connectivity index (χ1n) is 15.6. The Hall–Kier alpha value is -2.45. The molecule has 2 aromatic rings. The topological polar surface area (TPSA) is 196 Å². The highest BCUT2D eigenvalue weighted by atomic mass is 31.2. The third-order valence-corrected chi connectivity index (χ3v) is 8.16. The summed E-state index contributed by atoms with van der Waals surface area (Å²) in [6.07, 6.45) is 16.2. The van der Waals surface area contributed by atoms with Gasteiger partial charge in [0.1, 0.15) is 13.2 Å². The van der Waals surface area contributed by atoms with Gasteiger partial charge in [-0.2, -0.15) is 0 Å². The summed E-state index contributed by atoms with van der Waals surface area (Å²) >= 11 is 0. The molecule has 3 atom stereocenters. The van der Waals surface area contributed by atoms with Gasteiger partial charge < -0.3 is 25.5 Å². The number of fused-ring (bicyclic) bond motifs is 1. The second kappa shape index (κ2) is 19.8. The molecule has 5 N–H and O–H groups in total. The van der Waals surface area contributed by atoms with E-state index in [4.69, 9.17) is 14.8 Å². The predicted octanol–water partition coefficient (Wildman–Crippen LogP) is 5.31. The molecule has 0 spiro atoms. The Morgan fingerprint density at radius 1 is 1.02 bits per heavy atom. The minimum Gasteiger partial charge on any atom is -0.387 e. The number of phosphoric acid groups is 1. The third kappa shape index (κ3) is 15.5. The Morgan fingerprint density at radius 3 is 2.23 bits per heavy atom. The molecule has 0 saturated carbocycles. The van der Waals surface area contributed by atoms with Gasteiger partial charge in [0.25, 0.3) is 0 Å². The number of likely N-dealkylation sites (N-methyl/N-ethyl adjacent to an activating group) is 1. The number of benzene rings is 1. The lowest BCUT2D eigenvalue weighted by atomic mass is 10.0. The number of aromatic nitrogens is 2. The van der Waals surface area contributed by atoms with Gasteiger partial charge in [-0.05, 0) is 35.6 Å². The fourth-order valence-corrected chi connectivity index (χ4v) is 5.22. The first kappa shape index (κ1) is 37.7. The van der Waals surface area contributed by atoms with Gasteiger partial charge in [-0.3, -0.25) is 19.2 Å². The van der Waals surface area contributed by atoms with Crippen LogP contribution in [0.1, 0.15) is 77.0 Å². The molecule has 14 nitrogen and oxygen atoms in total. The zero-order valence-electron chi connectivity index (χ0n) is 26.4. The molecule has 250 valence electrons. The number of non-ortho nitro benzene ring substituents is 1. The van der Waals surface area contributed by atoms with Crippen LogP contribution in [0.25, 0.3) is 11.0 Å². The van der Waals surface area contributed by atoms with Crippen molar-refractivity contribution in [2.75, 3.05) is 52.8 Å². The molecule has 15 heteroatoms. The van der Waals surface area contributed by atoms with E-state index in [0.717, 1.165) is 38.6 Å². The number of nitrogens with zero attached hydrogens (tertiary/aromatic N) is 4. The van der Waals surface area contributed by atoms with E-state index < -0.39 is 24.9 Å². The van der Waals surface area contributed by atoms with E-state index in [9.17, 15) is 24.7 Å². The largest absolute Gasteiger partial charge is 0.472 e. The number of nitrogens with two attached hydrogens (primary N) is 1. The summed E-state index contributed by atoms with van der Waals surface area (Å²) in [4.78, 5) is 20.3. The highest BCUT2D eigenvalue weighted by molar-refractivity contribution is 7.47. The van der Waals surface area contributed by atoms with Crippen molar-refractivity contribution in [1.82, 2.24) is 10.3 Å². The molecule has 0 aliphatic heterocycles. The number of unbranched alkanes of at least 4 members (excludes halogenated alkanes) is 11. The van der Waals surface area contributed by atoms with E-state index in [1.165, 1.54) is 51.0 Å². The van der Waals surface area contributed by atoms with Gasteiger partial charge >= 0.3 is 13.5 Å². The Morgan fingerprint density at radius 2 is 1.61 bits per heavy atom. The van der Waals surface area contributed by atoms with Gasteiger partial charge in [-0.1, -0.05) is 69.9 Å². The monoisotopic (exact) mass is 643 g/mol. The Balaban J connectivity index is 1.40. The minimum absolute atomic E-state index is 0.0809. The summed E-state index contributed by atoms with van der Waals surface area (Å²) in [6.45, 7) is 1.11. The summed E-state index contributed by atoms with van der Waals surface area (Å²) in [6, 6.07) is 2.24. The second-order valence-corrected chi connectivity index (χ2v) is 13.6. The fourth-order valence-electron chi connectivity index (χ4n) is 4.47. The van der Waals surface area contributed by atoms with Crippen molar-refractivity contribution < 1.29 is 37.6 Å². The average molecular weight is 644 g/mol. The zero-order chi connectivity index (χ0) is 32.4. The minimum atomic E-state index is -4.20. The first-order chi connectivity index (χ1) is 20.9. The van der Waals surface area contributed by atoms with E-state index in [-0.39, 0.29) is 24.4 Å². The lowest BCUT2D eigenvalue weighted by Gasteiger charge is -2.24. The van der Waals surface area contributed by atoms with Crippen LogP contribution in [0, 0.1) is 10.1 Å². The molecule has 1 aromatic carbocycles. The molecule has 1 heterocycles. The number of rotatable bonds is 25. The molecule has 3 unspecified atom stereocenters. The smallest absolute Gasteiger partial charge is 0.387 e. The van der Waals surface area contributed by atoms with E-state index in [1.807, 2.05) is 27.2 Å². The van der Waals surface area contributed by atoms with Crippen molar-refractivity contribution in [3.8, 4) is 0 Å². The number of aliphatic hydroxyl groups excluding tert-OH is 1. The number of hydrogen-bond donors (Lipinski definition) is 4. The van der Waals surface area contributed by atoms with Crippen LogP contribution in [-0.4, -0.2) is 89.3 Å². The quantitative estimate of drug-likeness (QED) is 0.0272. The summed E-state index contributed by atoms with van der Waals surface area (Å²) < 4.78 is 27.1. The standard InChI is InChI=1S/C29H51N6O8P/c1-35(2,3)21-22-41-44(39,40)42-23-24(30)27(36)17-15-13-11-9-7-5-4-6-8-10-12-14-16-20-31-25-18-19-26(34(37)38)29-28(25)32-43-33-29/h15,17-19,24,27,31,36H,4-14,16,20-23,30H2,1-3H3/p+1/b17-15+. The predicted molar refractivity (Wildman–Crippen MR) is 170 cm³/mol. The summed E-state index contributed by atoms with van der Waals surface area (Å²) in [5.74, 6) is 0. The molecular weight excluding hydrogens is 591 g/mol. The molecule has 0 radical (unpaired) electrons. The summed E-state index contributed by atoms with van der Waals surface area (Å²) in [7, 11) is 1.64. The van der Waals surface area contributed by atoms with E-state index in [2.05, 4.69) is 20.3 Å². The molecule has 0 fully saturated rings. The van der Waals surface area contributed by atoms with Crippen LogP contribution >= 0.6 is 7.82 Å². The van der Waals surface area contributed by atoms with E-state index >= 15 is 0 Å². The highest BCUT2D eigenvalue weighted by Gasteiger charge is 2.25. The Kier molecular flexibility index (Phi) is 17.0. The zero-order valence-corrected chi connectivity index (χ0v) is 27.3. The molecular formula is C29H52N6O8P+. The number of phosphoric ester groups is 1. The van der Waals surface area contributed by atoms with Gasteiger partial charge in [0.05, 0.1) is 50.5 Å². The number of aliphatic hydroxyl groups is 1. The third-order valence-electron chi connectivity index (χ3n) is 7.17. The number of anilines is 1. The lowest BCUT2D eigenvalue weighted by Crippen LogP contribution is -2.38. The van der Waals surface area contributed by atoms with Crippen LogP contribution in [0.3, 0.4) is 0 Å². The molecule has 0 aliphatic rings. The first-order valence-corrected chi connectivity index (χ1v) is 17.1. The normalized spacial score (nSPS) is 15.0. The van der Waals surface area contributed by atoms with Gasteiger partial charge in [0.2, 0.25) is 5.52 Å². The number of nitro groups is 1. The lowest BCUT2D eigenvalue weighted by molar-refractivity contribution is -0.870. The van der Waals surface area contributed by atoms with Crippen molar-refractivity contribution in [2.24, 2.45) is 5.73 Å². The van der Waals surface area contributed by atoms with E-state index in [1.54, 1.807) is 12.1 Å². The van der Waals surface area contributed by atoms with E-state index in [0.29, 0.717) is 22.2 Å². The van der Waals surface area contributed by atoms with Crippen LogP contribution in [0.5, 0.6) is 0 Å². The molecule has 0 saturated heterocycles. The average Bonchev–Trinajstić information content (AvgIpc) is 3.45. The van der Waals surface area contributed by atoms with Crippen LogP contribution in [0.4, 0.5) is 11.4 Å². The SMILES string of the molecule is C[N+](C)(C)CCOP(=O)(O)OCC(N)C(O)/C=C/CCCCCCCCCCCCCNc1ccc([N+](=O)[O-])c2nonc12. The van der Waals surface area contributed by atoms with Crippen molar-refractivity contribution in [1.29, 1.82) is 0 Å². The van der Waals surface area contributed by atoms with Crippen LogP contribution < -0.4 is 11.1 Å². The number of hydrogen-bond acceptors (Lipinski definition) is 11. The molecule has 0 aliphatic carbocycles. The maximum Gasteiger partial charge on any atom is 0.472 e. The van der Waals surface area contributed by atoms with Crippen molar-refractivity contribution in [3.05, 3.63) is 34.4 Å². The van der Waals surface area contributed by atoms with Crippen LogP contribution in [-0.2, 0) is 13.6 Å². The summed E-state index contributed by atoms with van der Waals surface area (Å²) in [5.41, 5.74) is 7.01. The van der Waals surface area contributed by atoms with Crippen molar-refractivity contribution >= 4 is 30.2 Å². The van der Waals surface area contributed by atoms with Crippen LogP contribution in [0.2, 0.25) is 0 Å². The maximum absolute atomic E-state index is 11.9. The molecule has 2 rings (SSSR count). The molecule has 1 aromatic heterocycles. The highest BCUT2D eigenvalue weighted by Crippen LogP contribution is 2.43. The van der Waals surface area contributed by atoms with Gasteiger partial charge in [0, 0.05) is 12.6 Å². The molecule has 0 bridgehead atoms. The number of nitro benzene ring substituents is 1. The van der Waals surface area contributed by atoms with Gasteiger partial charge in [-0.25, -0.2) is 9.19 Å². The number of nitrogens with one attached hydrogen (secondary N) is 1. The van der Waals surface area contributed by atoms with Crippen molar-refractivity contribution in [2.45, 2.75) is 89.2 Å². The van der Waals surface area contributed by atoms with Gasteiger partial charge in [0.15, 0.2) is 5.52 Å². The number of quaternary nitrogens is 1. The van der Waals surface area contributed by atoms with Crippen LogP contribution in [0.15, 0.2) is 28.9 Å². The maximum atomic E-state index is 11.9. The Labute approximate surface area is 260 Å². The van der Waals surface area contributed by atoms with Gasteiger partial charge in [-0.15, -0.1) is 0 Å². The number of allylic oxidation sites excluding steroid dienone is 1. The molecule has 44 heavy (non-hydrogen) atoms. The summed E-state index contributed by atoms with van der Waals surface area (Å²) in [5, 5.41) is 32.0. The Bertz CT molecular complexity index is 1190. The molecule has 0 amide bonds. The fraction of sp³-hybridized carbons (Fsp3) is 0.724. The second-order valence-electron chi connectivity index (χ2n) is 12.1.